The maximum atomic E-state index is 13.2. The summed E-state index contributed by atoms with van der Waals surface area (Å²) in [5.74, 6) is -1.21. The molecule has 2 atom stereocenters. The minimum Gasteiger partial charge on any atom is -0.508 e. The molecule has 1 aromatic rings. The molecule has 3 N–H and O–H groups in total. The molecule has 1 rings (SSSR count). The first-order chi connectivity index (χ1) is 14.5. The monoisotopic (exact) mass is 449 g/mol. The van der Waals surface area contributed by atoms with Gasteiger partial charge in [0.1, 0.15) is 23.4 Å². The number of carbonyl (C=O) groups is 3. The van der Waals surface area contributed by atoms with Gasteiger partial charge in [-0.1, -0.05) is 31.9 Å². The van der Waals surface area contributed by atoms with Crippen molar-refractivity contribution in [2.75, 3.05) is 12.3 Å². The second-order valence-corrected chi connectivity index (χ2v) is 8.22. The number of phenols is 1. The van der Waals surface area contributed by atoms with E-state index in [1.165, 1.54) is 24.3 Å². The van der Waals surface area contributed by atoms with Crippen molar-refractivity contribution in [2.24, 2.45) is 0 Å². The summed E-state index contributed by atoms with van der Waals surface area (Å²) in [4.78, 5) is 39.1. The molecule has 170 valence electrons. The minimum atomic E-state index is -1.15. The largest absolute Gasteiger partial charge is 0.508 e. The molecular weight excluding hydrogens is 418 g/mol. The Labute approximate surface area is 189 Å². The number of amides is 3. The lowest BCUT2D eigenvalue weighted by Gasteiger charge is -2.30. The van der Waals surface area contributed by atoms with E-state index in [2.05, 4.69) is 29.3 Å². The lowest BCUT2D eigenvalue weighted by molar-refractivity contribution is -0.138. The summed E-state index contributed by atoms with van der Waals surface area (Å²) in [5.41, 5.74) is -0.346. The highest BCUT2D eigenvalue weighted by molar-refractivity contribution is 7.80. The lowest BCUT2D eigenvalue weighted by Crippen LogP contribution is -2.52. The van der Waals surface area contributed by atoms with E-state index < -0.39 is 35.6 Å². The van der Waals surface area contributed by atoms with Crippen LogP contribution in [0.4, 0.5) is 4.79 Å². The Morgan fingerprint density at radius 3 is 2.35 bits per heavy atom. The Bertz CT molecular complexity index is 799. The van der Waals surface area contributed by atoms with Crippen LogP contribution in [0.2, 0.25) is 0 Å². The van der Waals surface area contributed by atoms with Crippen molar-refractivity contribution in [3.63, 3.8) is 0 Å². The van der Waals surface area contributed by atoms with Gasteiger partial charge < -0.3 is 20.5 Å². The average molecular weight is 450 g/mol. The van der Waals surface area contributed by atoms with E-state index in [1.54, 1.807) is 20.8 Å². The quantitative estimate of drug-likeness (QED) is 0.201. The van der Waals surface area contributed by atoms with Crippen LogP contribution in [0.15, 0.2) is 24.3 Å². The van der Waals surface area contributed by atoms with Crippen LogP contribution in [-0.4, -0.2) is 51.9 Å². The lowest BCUT2D eigenvalue weighted by atomic mass is 10.0. The standard InChI is InChI=1S/C22H31N3O5S/c1-6-8-13-23-19(27)18(15-9-11-16(26)12-10-15)25(7-2)20(28)17(14-31)24-21(29)30-22(3,4)5/h2,9-12,17-18,26,31H,6,8,13-14H2,1,3-5H3,(H,23,27)(H,24,29). The molecule has 0 aliphatic rings. The van der Waals surface area contributed by atoms with Crippen LogP contribution in [-0.2, 0) is 14.3 Å². The number of phenolic OH excluding ortho intramolecular Hbond substituents is 1. The van der Waals surface area contributed by atoms with Gasteiger partial charge in [-0.05, 0) is 44.9 Å². The molecule has 0 aliphatic heterocycles. The molecule has 1 aromatic carbocycles. The zero-order chi connectivity index (χ0) is 23.6. The molecular formula is C22H31N3O5S. The van der Waals surface area contributed by atoms with Gasteiger partial charge in [-0.2, -0.15) is 12.6 Å². The van der Waals surface area contributed by atoms with E-state index in [0.29, 0.717) is 12.1 Å². The summed E-state index contributed by atoms with van der Waals surface area (Å²) < 4.78 is 5.19. The third-order valence-corrected chi connectivity index (χ3v) is 4.46. The fraction of sp³-hybridized carbons (Fsp3) is 0.500. The van der Waals surface area contributed by atoms with Gasteiger partial charge in [0.2, 0.25) is 5.91 Å². The Hall–Kier alpha value is -2.86. The number of ether oxygens (including phenoxy) is 1. The molecule has 31 heavy (non-hydrogen) atoms. The first-order valence-corrected chi connectivity index (χ1v) is 10.6. The number of benzene rings is 1. The number of hydrogen-bond acceptors (Lipinski definition) is 6. The Morgan fingerprint density at radius 2 is 1.87 bits per heavy atom. The highest BCUT2D eigenvalue weighted by Crippen LogP contribution is 2.24. The predicted octanol–water partition coefficient (Wildman–Crippen LogP) is 2.59. The number of nitrogens with one attached hydrogen (secondary N) is 2. The number of thiol groups is 1. The zero-order valence-electron chi connectivity index (χ0n) is 18.3. The third kappa shape index (κ3) is 8.42. The van der Waals surface area contributed by atoms with Crippen molar-refractivity contribution < 1.29 is 24.2 Å². The number of aromatic hydroxyl groups is 1. The molecule has 2 unspecified atom stereocenters. The van der Waals surface area contributed by atoms with Crippen molar-refractivity contribution in [1.29, 1.82) is 0 Å². The third-order valence-electron chi connectivity index (χ3n) is 4.09. The molecule has 9 heteroatoms. The first-order valence-electron chi connectivity index (χ1n) is 10.00. The van der Waals surface area contributed by atoms with E-state index in [-0.39, 0.29) is 11.5 Å². The van der Waals surface area contributed by atoms with Gasteiger partial charge in [-0.15, -0.1) is 0 Å². The van der Waals surface area contributed by atoms with Crippen LogP contribution in [0.3, 0.4) is 0 Å². The van der Waals surface area contributed by atoms with Crippen molar-refractivity contribution in [3.8, 4) is 18.2 Å². The number of hydrogen-bond donors (Lipinski definition) is 4. The Balaban J connectivity index is 3.18. The molecule has 0 saturated heterocycles. The molecule has 0 fully saturated rings. The summed E-state index contributed by atoms with van der Waals surface area (Å²) in [6.07, 6.45) is 6.46. The van der Waals surface area contributed by atoms with E-state index in [0.717, 1.165) is 17.7 Å². The molecule has 0 aliphatic carbocycles. The number of alkyl carbamates (subject to hydrolysis) is 1. The van der Waals surface area contributed by atoms with Crippen molar-refractivity contribution in [2.45, 2.75) is 58.2 Å². The number of rotatable bonds is 9. The van der Waals surface area contributed by atoms with Gasteiger partial charge in [0.25, 0.3) is 5.91 Å². The summed E-state index contributed by atoms with van der Waals surface area (Å²) >= 11 is 4.14. The van der Waals surface area contributed by atoms with E-state index in [9.17, 15) is 19.5 Å². The van der Waals surface area contributed by atoms with Gasteiger partial charge in [0.15, 0.2) is 0 Å². The topological polar surface area (TPSA) is 108 Å². The second-order valence-electron chi connectivity index (χ2n) is 7.86. The van der Waals surface area contributed by atoms with Crippen LogP contribution >= 0.6 is 12.6 Å². The Kier molecular flexibility index (Phi) is 10.2. The number of nitrogens with zero attached hydrogens (tertiary/aromatic N) is 1. The highest BCUT2D eigenvalue weighted by atomic mass is 32.1. The Morgan fingerprint density at radius 1 is 1.26 bits per heavy atom. The van der Waals surface area contributed by atoms with Crippen molar-refractivity contribution >= 4 is 30.5 Å². The summed E-state index contributed by atoms with van der Waals surface area (Å²) in [5, 5.41) is 14.8. The van der Waals surface area contributed by atoms with Crippen LogP contribution in [0.1, 0.15) is 52.1 Å². The van der Waals surface area contributed by atoms with E-state index in [1.807, 2.05) is 6.92 Å². The SMILES string of the molecule is C#CN(C(=O)C(CS)NC(=O)OC(C)(C)C)C(C(=O)NCCCC)c1ccc(O)cc1. The van der Waals surface area contributed by atoms with Gasteiger partial charge in [-0.3, -0.25) is 14.5 Å². The smallest absolute Gasteiger partial charge is 0.408 e. The normalized spacial score (nSPS) is 12.8. The molecule has 0 bridgehead atoms. The van der Waals surface area contributed by atoms with Gasteiger partial charge in [0.05, 0.1) is 0 Å². The maximum Gasteiger partial charge on any atom is 0.408 e. The molecule has 0 saturated carbocycles. The molecule has 0 radical (unpaired) electrons. The van der Waals surface area contributed by atoms with Gasteiger partial charge in [0, 0.05) is 18.3 Å². The molecule has 3 amide bonds. The van der Waals surface area contributed by atoms with Crippen molar-refractivity contribution in [1.82, 2.24) is 15.5 Å². The fourth-order valence-electron chi connectivity index (χ4n) is 2.63. The van der Waals surface area contributed by atoms with Crippen LogP contribution in [0, 0.1) is 12.5 Å². The maximum absolute atomic E-state index is 13.2. The number of unbranched alkanes of at least 4 members (excludes halogenated alkanes) is 1. The first kappa shape index (κ1) is 26.2. The highest BCUT2D eigenvalue weighted by Gasteiger charge is 2.35. The van der Waals surface area contributed by atoms with Crippen LogP contribution in [0.5, 0.6) is 5.75 Å². The van der Waals surface area contributed by atoms with E-state index >= 15 is 0 Å². The van der Waals surface area contributed by atoms with Gasteiger partial charge in [-0.25, -0.2) is 4.79 Å². The summed E-state index contributed by atoms with van der Waals surface area (Å²) in [6, 6.07) is 5.80. The fourth-order valence-corrected chi connectivity index (χ4v) is 2.88. The van der Waals surface area contributed by atoms with E-state index in [4.69, 9.17) is 11.2 Å². The molecule has 0 heterocycles. The van der Waals surface area contributed by atoms with Crippen LogP contribution < -0.4 is 10.6 Å². The summed E-state index contributed by atoms with van der Waals surface area (Å²) in [6.45, 7) is 7.49. The molecule has 0 aromatic heterocycles. The zero-order valence-corrected chi connectivity index (χ0v) is 19.2. The predicted molar refractivity (Wildman–Crippen MR) is 121 cm³/mol. The van der Waals surface area contributed by atoms with Gasteiger partial charge >= 0.3 is 6.09 Å². The minimum absolute atomic E-state index is 0.00676. The van der Waals surface area contributed by atoms with Crippen LogP contribution in [0.25, 0.3) is 0 Å². The molecule has 8 nitrogen and oxygen atoms in total. The summed E-state index contributed by atoms with van der Waals surface area (Å²) in [7, 11) is 0. The number of terminal acetylenes is 1. The number of carbonyl (C=O) groups excluding carboxylic acids is 3. The van der Waals surface area contributed by atoms with Crippen molar-refractivity contribution in [3.05, 3.63) is 29.8 Å². The molecule has 0 spiro atoms. The second kappa shape index (κ2) is 12.1. The average Bonchev–Trinajstić information content (AvgIpc) is 2.69.